The average molecular weight is 761 g/mol. The standard InChI is InChI=1S/C41H39Cl2N3O5.ClH/c1-29-23-32(24-38(43)41(29)51-39-17-16-36(25-44-39)50-28-33-5-3-4-6-37(33)42)11-18-40(47)46-21-19-45(20-22-46)26-30-7-9-31(10-8-30)27-49-35-14-12-34(48-2)13-15-35;/h3-18,23-25H,19-22,26-28H2,1-2H3;1H/b18-11+;. The minimum atomic E-state index is -0.0222. The number of benzene rings is 4. The van der Waals surface area contributed by atoms with Crippen molar-refractivity contribution in [1.29, 1.82) is 0 Å². The number of carbonyl (C=O) groups is 1. The summed E-state index contributed by atoms with van der Waals surface area (Å²) in [6.07, 6.45) is 5.00. The molecule has 1 aliphatic heterocycles. The first-order chi connectivity index (χ1) is 24.8. The number of piperazine rings is 1. The lowest BCUT2D eigenvalue weighted by Crippen LogP contribution is -2.47. The maximum atomic E-state index is 13.0. The van der Waals surface area contributed by atoms with Crippen LogP contribution >= 0.6 is 35.6 Å². The van der Waals surface area contributed by atoms with E-state index in [4.69, 9.17) is 42.1 Å². The zero-order valence-corrected chi connectivity index (χ0v) is 31.3. The van der Waals surface area contributed by atoms with Gasteiger partial charge in [0.15, 0.2) is 5.75 Å². The van der Waals surface area contributed by atoms with E-state index in [9.17, 15) is 4.79 Å². The molecule has 2 heterocycles. The van der Waals surface area contributed by atoms with Crippen LogP contribution < -0.4 is 18.9 Å². The number of pyridine rings is 1. The van der Waals surface area contributed by atoms with Crippen molar-refractivity contribution in [2.75, 3.05) is 33.3 Å². The molecule has 0 radical (unpaired) electrons. The molecule has 0 bridgehead atoms. The number of hydrogen-bond acceptors (Lipinski definition) is 7. The summed E-state index contributed by atoms with van der Waals surface area (Å²) in [7, 11) is 1.65. The highest BCUT2D eigenvalue weighted by molar-refractivity contribution is 6.32. The zero-order chi connectivity index (χ0) is 35.6. The van der Waals surface area contributed by atoms with Gasteiger partial charge in [0.05, 0.1) is 18.3 Å². The van der Waals surface area contributed by atoms with Gasteiger partial charge < -0.3 is 23.8 Å². The molecule has 0 aliphatic carbocycles. The minimum Gasteiger partial charge on any atom is -0.497 e. The lowest BCUT2D eigenvalue weighted by atomic mass is 10.1. The van der Waals surface area contributed by atoms with E-state index in [2.05, 4.69) is 34.1 Å². The van der Waals surface area contributed by atoms with Crippen molar-refractivity contribution in [1.82, 2.24) is 14.8 Å². The van der Waals surface area contributed by atoms with Crippen LogP contribution in [0.1, 0.15) is 27.8 Å². The number of carbonyl (C=O) groups excluding carboxylic acids is 1. The van der Waals surface area contributed by atoms with Gasteiger partial charge in [-0.15, -0.1) is 12.4 Å². The quantitative estimate of drug-likeness (QED) is 0.111. The van der Waals surface area contributed by atoms with E-state index in [1.807, 2.05) is 66.4 Å². The summed E-state index contributed by atoms with van der Waals surface area (Å²) < 4.78 is 22.9. The monoisotopic (exact) mass is 759 g/mol. The molecular formula is C41H40Cl3N3O5. The fraction of sp³-hybridized carbons (Fsp3) is 0.220. The molecular weight excluding hydrogens is 721 g/mol. The maximum absolute atomic E-state index is 13.0. The van der Waals surface area contributed by atoms with Crippen LogP contribution in [-0.4, -0.2) is 54.0 Å². The Morgan fingerprint density at radius 3 is 2.13 bits per heavy atom. The number of amides is 1. The largest absolute Gasteiger partial charge is 0.497 e. The van der Waals surface area contributed by atoms with Gasteiger partial charge in [0.25, 0.3) is 0 Å². The molecule has 0 N–H and O–H groups in total. The molecule has 5 aromatic rings. The van der Waals surface area contributed by atoms with E-state index in [1.54, 1.807) is 43.7 Å². The first-order valence-electron chi connectivity index (χ1n) is 16.7. The highest BCUT2D eigenvalue weighted by Gasteiger charge is 2.20. The van der Waals surface area contributed by atoms with Crippen LogP contribution in [-0.2, 0) is 24.6 Å². The number of halogens is 3. The molecule has 0 spiro atoms. The van der Waals surface area contributed by atoms with Crippen molar-refractivity contribution in [2.24, 2.45) is 0 Å². The van der Waals surface area contributed by atoms with Crippen molar-refractivity contribution in [2.45, 2.75) is 26.7 Å². The third-order valence-corrected chi connectivity index (χ3v) is 9.17. The van der Waals surface area contributed by atoms with Crippen molar-refractivity contribution in [3.8, 4) is 28.9 Å². The van der Waals surface area contributed by atoms with E-state index < -0.39 is 0 Å². The van der Waals surface area contributed by atoms with Gasteiger partial charge >= 0.3 is 0 Å². The summed E-state index contributed by atoms with van der Waals surface area (Å²) in [4.78, 5) is 21.7. The molecule has 1 aliphatic rings. The molecule has 8 nitrogen and oxygen atoms in total. The Bertz CT molecular complexity index is 1920. The predicted molar refractivity (Wildman–Crippen MR) is 208 cm³/mol. The van der Waals surface area contributed by atoms with E-state index >= 15 is 0 Å². The van der Waals surface area contributed by atoms with Gasteiger partial charge in [0.1, 0.15) is 30.5 Å². The second-order valence-corrected chi connectivity index (χ2v) is 13.0. The van der Waals surface area contributed by atoms with Crippen LogP contribution in [0.4, 0.5) is 0 Å². The molecule has 1 fully saturated rings. The van der Waals surface area contributed by atoms with Gasteiger partial charge in [-0.2, -0.15) is 0 Å². The van der Waals surface area contributed by atoms with Gasteiger partial charge in [-0.3, -0.25) is 9.69 Å². The minimum absolute atomic E-state index is 0. The topological polar surface area (TPSA) is 73.4 Å². The number of nitrogens with zero attached hydrogens (tertiary/aromatic N) is 3. The molecule has 1 amide bonds. The lowest BCUT2D eigenvalue weighted by Gasteiger charge is -2.34. The molecule has 6 rings (SSSR count). The first kappa shape index (κ1) is 38.5. The Labute approximate surface area is 320 Å². The van der Waals surface area contributed by atoms with Gasteiger partial charge in [0, 0.05) is 55.5 Å². The number of hydrogen-bond donors (Lipinski definition) is 0. The second-order valence-electron chi connectivity index (χ2n) is 12.2. The molecule has 0 unspecified atom stereocenters. The van der Waals surface area contributed by atoms with Crippen LogP contribution in [0.3, 0.4) is 0 Å². The third-order valence-electron chi connectivity index (χ3n) is 8.52. The Morgan fingerprint density at radius 2 is 1.46 bits per heavy atom. The number of aromatic nitrogens is 1. The smallest absolute Gasteiger partial charge is 0.246 e. The highest BCUT2D eigenvalue weighted by Crippen LogP contribution is 2.34. The molecule has 1 saturated heterocycles. The Kier molecular flexibility index (Phi) is 13.8. The van der Waals surface area contributed by atoms with Gasteiger partial charge in [0.2, 0.25) is 11.8 Å². The van der Waals surface area contributed by atoms with Gasteiger partial charge in [-0.1, -0.05) is 65.7 Å². The van der Waals surface area contributed by atoms with E-state index in [1.165, 1.54) is 5.56 Å². The number of methoxy groups -OCH3 is 1. The molecule has 270 valence electrons. The van der Waals surface area contributed by atoms with Crippen LogP contribution in [0.25, 0.3) is 6.08 Å². The summed E-state index contributed by atoms with van der Waals surface area (Å²) >= 11 is 12.8. The number of aryl methyl sites for hydroxylation is 1. The van der Waals surface area contributed by atoms with Gasteiger partial charge in [-0.25, -0.2) is 4.98 Å². The molecule has 0 saturated carbocycles. The summed E-state index contributed by atoms with van der Waals surface area (Å²) in [5, 5.41) is 1.08. The molecule has 4 aromatic carbocycles. The Hall–Kier alpha value is -4.73. The third kappa shape index (κ3) is 10.7. The molecule has 11 heteroatoms. The Balaban J connectivity index is 0.00000523. The number of rotatable bonds is 13. The van der Waals surface area contributed by atoms with Crippen molar-refractivity contribution in [3.63, 3.8) is 0 Å². The van der Waals surface area contributed by atoms with Crippen molar-refractivity contribution >= 4 is 47.6 Å². The van der Waals surface area contributed by atoms with Crippen molar-refractivity contribution in [3.05, 3.63) is 147 Å². The van der Waals surface area contributed by atoms with Crippen LogP contribution in [0.15, 0.2) is 109 Å². The summed E-state index contributed by atoms with van der Waals surface area (Å²) in [6, 6.07) is 30.8. The fourth-order valence-corrected chi connectivity index (χ4v) is 6.12. The average Bonchev–Trinajstić information content (AvgIpc) is 3.15. The highest BCUT2D eigenvalue weighted by atomic mass is 35.5. The van der Waals surface area contributed by atoms with Crippen molar-refractivity contribution < 1.29 is 23.7 Å². The first-order valence-corrected chi connectivity index (χ1v) is 17.4. The van der Waals surface area contributed by atoms with E-state index in [0.717, 1.165) is 53.4 Å². The lowest BCUT2D eigenvalue weighted by molar-refractivity contribution is -0.127. The van der Waals surface area contributed by atoms with Crippen LogP contribution in [0.2, 0.25) is 10.0 Å². The predicted octanol–water partition coefficient (Wildman–Crippen LogP) is 9.44. The summed E-state index contributed by atoms with van der Waals surface area (Å²) in [6.45, 7) is 6.52. The van der Waals surface area contributed by atoms with Crippen LogP contribution in [0.5, 0.6) is 28.9 Å². The van der Waals surface area contributed by atoms with E-state index in [0.29, 0.717) is 53.7 Å². The zero-order valence-electron chi connectivity index (χ0n) is 29.0. The second kappa shape index (κ2) is 18.7. The SMILES string of the molecule is COc1ccc(OCc2ccc(CN3CCN(C(=O)/C=C/c4cc(C)c(Oc5ccc(OCc6ccccc6Cl)cn5)c(Cl)c4)CC3)cc2)cc1.Cl. The maximum Gasteiger partial charge on any atom is 0.246 e. The van der Waals surface area contributed by atoms with E-state index in [-0.39, 0.29) is 18.3 Å². The molecule has 52 heavy (non-hydrogen) atoms. The normalized spacial score (nSPS) is 13.0. The van der Waals surface area contributed by atoms with Gasteiger partial charge in [-0.05, 0) is 83.8 Å². The summed E-state index contributed by atoms with van der Waals surface area (Å²) in [5.74, 6) is 3.07. The summed E-state index contributed by atoms with van der Waals surface area (Å²) in [5.41, 5.74) is 4.86. The number of ether oxygens (including phenoxy) is 4. The van der Waals surface area contributed by atoms with Crippen LogP contribution in [0, 0.1) is 6.92 Å². The molecule has 1 aromatic heterocycles. The fourth-order valence-electron chi connectivity index (χ4n) is 5.61. The molecule has 0 atom stereocenters. The Morgan fingerprint density at radius 1 is 0.788 bits per heavy atom.